The normalized spacial score (nSPS) is 28.9. The van der Waals surface area contributed by atoms with Crippen molar-refractivity contribution in [3.8, 4) is 0 Å². The molecule has 13 heteroatoms. The molecular weight excluding hydrogens is 503 g/mol. The fourth-order valence-electron chi connectivity index (χ4n) is 4.93. The summed E-state index contributed by atoms with van der Waals surface area (Å²) in [5, 5.41) is 1.82. The predicted octanol–water partition coefficient (Wildman–Crippen LogP) is 4.38. The van der Waals surface area contributed by atoms with Gasteiger partial charge in [-0.3, -0.25) is 4.79 Å². The van der Waals surface area contributed by atoms with Gasteiger partial charge >= 0.3 is 29.2 Å². The fraction of sp³-hybridized carbons (Fsp3) is 0.955. The van der Waals surface area contributed by atoms with Gasteiger partial charge in [-0.25, -0.2) is 0 Å². The van der Waals surface area contributed by atoms with Crippen molar-refractivity contribution in [1.29, 1.82) is 0 Å². The molecule has 2 saturated heterocycles. The number of amides is 1. The van der Waals surface area contributed by atoms with E-state index in [2.05, 4.69) is 55.4 Å². The molecule has 0 aromatic heterocycles. The maximum absolute atomic E-state index is 12.5. The van der Waals surface area contributed by atoms with Crippen molar-refractivity contribution in [2.45, 2.75) is 108 Å². The molecule has 0 unspecified atom stereocenters. The first-order valence-corrected chi connectivity index (χ1v) is 16.2. The van der Waals surface area contributed by atoms with E-state index in [1.54, 1.807) is 0 Å². The van der Waals surface area contributed by atoms with E-state index in [0.29, 0.717) is 0 Å². The van der Waals surface area contributed by atoms with Crippen LogP contribution in [0.25, 0.3) is 0 Å². The highest BCUT2D eigenvalue weighted by Gasteiger charge is 2.62. The first kappa shape index (κ1) is 30.7. The van der Waals surface area contributed by atoms with E-state index in [-0.39, 0.29) is 41.9 Å². The minimum atomic E-state index is -4.95. The number of carbonyl (C=O) groups excluding carboxylic acids is 1. The minimum absolute atomic E-state index is 0.0857. The van der Waals surface area contributed by atoms with Crippen molar-refractivity contribution < 1.29 is 45.1 Å². The lowest BCUT2D eigenvalue weighted by Crippen LogP contribution is -2.66. The van der Waals surface area contributed by atoms with Crippen LogP contribution in [0, 0.1) is 0 Å². The van der Waals surface area contributed by atoms with Crippen LogP contribution < -0.4 is 5.32 Å². The van der Waals surface area contributed by atoms with Gasteiger partial charge in [0.25, 0.3) is 0 Å². The zero-order valence-electron chi connectivity index (χ0n) is 22.2. The summed E-state index contributed by atoms with van der Waals surface area (Å²) in [4.78, 5) is 11.1. The van der Waals surface area contributed by atoms with Crippen LogP contribution in [0.1, 0.15) is 55.4 Å². The highest BCUT2D eigenvalue weighted by molar-refractivity contribution is 6.83. The van der Waals surface area contributed by atoms with E-state index in [1.807, 2.05) is 5.32 Å². The number of ether oxygens (including phenoxy) is 3. The van der Waals surface area contributed by atoms with Gasteiger partial charge in [-0.1, -0.05) is 55.4 Å². The van der Waals surface area contributed by atoms with Crippen molar-refractivity contribution in [1.82, 2.24) is 5.32 Å². The molecule has 2 heterocycles. The van der Waals surface area contributed by atoms with Crippen molar-refractivity contribution in [2.24, 2.45) is 0 Å². The molecule has 0 aromatic rings. The lowest BCUT2D eigenvalue weighted by molar-refractivity contribution is -0.175. The standard InChI is InChI=1S/C22H42F3NO7Si2/c1-13(2)34(14(3)4)30-12-17-18(32-35(33-34,15(5)6)16(7)8)19(20(28-9)31-17)29-11-10-26-21(27)22(23,24)25/h13-20H,10-12H2,1-9H3,(H,26,27)/t17-,18-,19-,20-/m1/s1. The molecule has 4 atom stereocenters. The number of hydrogen-bond donors (Lipinski definition) is 1. The Balaban J connectivity index is 2.34. The highest BCUT2D eigenvalue weighted by atomic mass is 28.5. The van der Waals surface area contributed by atoms with Crippen LogP contribution in [0.3, 0.4) is 0 Å². The Kier molecular flexibility index (Phi) is 10.4. The van der Waals surface area contributed by atoms with Crippen LogP contribution >= 0.6 is 0 Å². The molecule has 0 saturated carbocycles. The molecule has 0 bridgehead atoms. The van der Waals surface area contributed by atoms with Gasteiger partial charge in [-0.05, 0) is 22.2 Å². The summed E-state index contributed by atoms with van der Waals surface area (Å²) in [5.74, 6) is -2.01. The largest absolute Gasteiger partial charge is 0.471 e. The van der Waals surface area contributed by atoms with E-state index in [1.165, 1.54) is 7.11 Å². The second kappa shape index (κ2) is 11.9. The van der Waals surface area contributed by atoms with Crippen LogP contribution in [0.5, 0.6) is 0 Å². The van der Waals surface area contributed by atoms with Gasteiger partial charge in [-0.15, -0.1) is 0 Å². The summed E-state index contributed by atoms with van der Waals surface area (Å²) in [5.41, 5.74) is 0.525. The minimum Gasteiger partial charge on any atom is -0.414 e. The molecule has 2 aliphatic heterocycles. The van der Waals surface area contributed by atoms with Crippen LogP contribution in [-0.2, 0) is 32.0 Å². The third kappa shape index (κ3) is 6.48. The summed E-state index contributed by atoms with van der Waals surface area (Å²) < 4.78 is 75.7. The summed E-state index contributed by atoms with van der Waals surface area (Å²) in [6.45, 7) is 16.6. The molecule has 2 rings (SSSR count). The van der Waals surface area contributed by atoms with Crippen molar-refractivity contribution in [3.05, 3.63) is 0 Å². The number of hydrogen-bond acceptors (Lipinski definition) is 7. The van der Waals surface area contributed by atoms with E-state index in [4.69, 9.17) is 27.2 Å². The molecule has 2 fully saturated rings. The average molecular weight is 546 g/mol. The monoisotopic (exact) mass is 545 g/mol. The van der Waals surface area contributed by atoms with Gasteiger partial charge in [0.15, 0.2) is 6.29 Å². The molecule has 1 N–H and O–H groups in total. The molecule has 1 amide bonds. The third-order valence-electron chi connectivity index (χ3n) is 6.79. The van der Waals surface area contributed by atoms with Crippen LogP contribution in [0.15, 0.2) is 0 Å². The summed E-state index contributed by atoms with van der Waals surface area (Å²) in [6, 6.07) is 0. The molecule has 206 valence electrons. The second-order valence-corrected chi connectivity index (χ2v) is 19.3. The Bertz CT molecular complexity index is 693. The number of fused-ring (bicyclic) bond motifs is 1. The lowest BCUT2D eigenvalue weighted by Gasteiger charge is -2.51. The Labute approximate surface area is 209 Å². The Morgan fingerprint density at radius 1 is 1.00 bits per heavy atom. The first-order valence-electron chi connectivity index (χ1n) is 12.3. The third-order valence-corrected chi connectivity index (χ3v) is 17.0. The molecule has 35 heavy (non-hydrogen) atoms. The molecular formula is C22H42F3NO7Si2. The Morgan fingerprint density at radius 2 is 1.54 bits per heavy atom. The van der Waals surface area contributed by atoms with Crippen molar-refractivity contribution in [2.75, 3.05) is 26.9 Å². The van der Waals surface area contributed by atoms with E-state index in [9.17, 15) is 18.0 Å². The predicted molar refractivity (Wildman–Crippen MR) is 128 cm³/mol. The Morgan fingerprint density at radius 3 is 2.00 bits per heavy atom. The van der Waals surface area contributed by atoms with Gasteiger partial charge in [0.1, 0.15) is 18.3 Å². The quantitative estimate of drug-likeness (QED) is 0.340. The summed E-state index contributed by atoms with van der Waals surface area (Å²) in [6.07, 6.45) is -7.56. The van der Waals surface area contributed by atoms with E-state index in [0.717, 1.165) is 0 Å². The number of nitrogens with one attached hydrogen (secondary N) is 1. The van der Waals surface area contributed by atoms with Gasteiger partial charge in [-0.2, -0.15) is 13.2 Å². The smallest absolute Gasteiger partial charge is 0.414 e. The van der Waals surface area contributed by atoms with Gasteiger partial charge in [0.05, 0.1) is 13.2 Å². The molecule has 0 radical (unpaired) electrons. The van der Waals surface area contributed by atoms with Crippen molar-refractivity contribution in [3.63, 3.8) is 0 Å². The molecule has 0 spiro atoms. The number of alkyl halides is 3. The molecule has 0 aromatic carbocycles. The maximum atomic E-state index is 12.5. The van der Waals surface area contributed by atoms with Gasteiger partial charge in [0.2, 0.25) is 0 Å². The molecule has 8 nitrogen and oxygen atoms in total. The molecule has 2 aliphatic rings. The topological polar surface area (TPSA) is 84.5 Å². The second-order valence-electron chi connectivity index (χ2n) is 10.4. The van der Waals surface area contributed by atoms with E-state index >= 15 is 0 Å². The van der Waals surface area contributed by atoms with Crippen molar-refractivity contribution >= 4 is 23.0 Å². The van der Waals surface area contributed by atoms with Crippen LogP contribution in [-0.4, -0.2) is 80.7 Å². The van der Waals surface area contributed by atoms with E-state index < -0.39 is 53.8 Å². The Hall–Kier alpha value is -0.546. The fourth-order valence-corrected chi connectivity index (χ4v) is 16.1. The molecule has 0 aliphatic carbocycles. The number of methoxy groups -OCH3 is 1. The number of rotatable bonds is 9. The first-order chi connectivity index (χ1) is 16.1. The van der Waals surface area contributed by atoms with Gasteiger partial charge in [0, 0.05) is 13.7 Å². The zero-order valence-corrected chi connectivity index (χ0v) is 24.2. The lowest BCUT2D eigenvalue weighted by atomic mass is 10.1. The van der Waals surface area contributed by atoms with Crippen LogP contribution in [0.2, 0.25) is 22.2 Å². The number of halogens is 3. The number of carbonyl (C=O) groups is 1. The zero-order chi connectivity index (χ0) is 26.8. The average Bonchev–Trinajstić information content (AvgIpc) is 3.05. The van der Waals surface area contributed by atoms with Gasteiger partial charge < -0.3 is 32.5 Å². The maximum Gasteiger partial charge on any atom is 0.471 e. The van der Waals surface area contributed by atoms with Crippen LogP contribution in [0.4, 0.5) is 13.2 Å². The highest BCUT2D eigenvalue weighted by Crippen LogP contribution is 2.47. The summed E-state index contributed by atoms with van der Waals surface area (Å²) >= 11 is 0. The summed E-state index contributed by atoms with van der Waals surface area (Å²) in [7, 11) is -4.20. The SMILES string of the molecule is CO[C@@H]1O[C@@H]2CO[Si](C(C)C)(C(C)C)O[Si](C(C)C)(C(C)C)O[C@H]2[C@H]1OCCNC(=O)C(F)(F)F.